The van der Waals surface area contributed by atoms with Crippen LogP contribution in [-0.2, 0) is 0 Å². The average molecular weight is 145 g/mol. The van der Waals surface area contributed by atoms with Crippen molar-refractivity contribution in [2.24, 2.45) is 0 Å². The summed E-state index contributed by atoms with van der Waals surface area (Å²) in [5.41, 5.74) is 0. The lowest BCUT2D eigenvalue weighted by molar-refractivity contribution is -0.0641. The largest absolute Gasteiger partial charge is 0.393 e. The predicted octanol–water partition coefficient (Wildman–Crippen LogP) is -0.219. The van der Waals surface area contributed by atoms with Crippen LogP contribution in [0.5, 0.6) is 0 Å². The van der Waals surface area contributed by atoms with Crippen molar-refractivity contribution in [1.29, 1.82) is 0 Å². The Labute approximate surface area is 61.3 Å². The predicted molar refractivity (Wildman–Crippen MR) is 38.5 cm³/mol. The molecule has 0 aliphatic carbocycles. The minimum absolute atomic E-state index is 0.294. The van der Waals surface area contributed by atoms with Gasteiger partial charge in [0.1, 0.15) is 6.23 Å². The van der Waals surface area contributed by atoms with Crippen molar-refractivity contribution in [3.05, 3.63) is 0 Å². The minimum atomic E-state index is -0.422. The molecule has 10 heavy (non-hydrogen) atoms. The van der Waals surface area contributed by atoms with Gasteiger partial charge in [-0.2, -0.15) is 0 Å². The van der Waals surface area contributed by atoms with E-state index in [1.807, 2.05) is 11.8 Å². The van der Waals surface area contributed by atoms with Gasteiger partial charge in [-0.25, -0.2) is 0 Å². The lowest BCUT2D eigenvalue weighted by Crippen LogP contribution is -2.43. The zero-order valence-corrected chi connectivity index (χ0v) is 6.32. The van der Waals surface area contributed by atoms with E-state index >= 15 is 0 Å². The molecule has 0 saturated carbocycles. The summed E-state index contributed by atoms with van der Waals surface area (Å²) in [6, 6.07) is 0. The van der Waals surface area contributed by atoms with Gasteiger partial charge in [-0.15, -0.1) is 0 Å². The maximum atomic E-state index is 9.31. The van der Waals surface area contributed by atoms with Gasteiger partial charge in [-0.3, -0.25) is 4.90 Å². The first kappa shape index (κ1) is 7.98. The highest BCUT2D eigenvalue weighted by Gasteiger charge is 2.23. The molecule has 3 heteroatoms. The van der Waals surface area contributed by atoms with Crippen LogP contribution in [-0.4, -0.2) is 40.5 Å². The monoisotopic (exact) mass is 145 g/mol. The van der Waals surface area contributed by atoms with Gasteiger partial charge >= 0.3 is 0 Å². The van der Waals surface area contributed by atoms with Crippen molar-refractivity contribution in [3.63, 3.8) is 0 Å². The van der Waals surface area contributed by atoms with Gasteiger partial charge in [-0.1, -0.05) is 6.92 Å². The molecule has 0 amide bonds. The molecule has 1 heterocycles. The third-order valence-electron chi connectivity index (χ3n) is 2.06. The van der Waals surface area contributed by atoms with Gasteiger partial charge in [0.05, 0.1) is 6.10 Å². The Morgan fingerprint density at radius 2 is 2.20 bits per heavy atom. The summed E-state index contributed by atoms with van der Waals surface area (Å²) >= 11 is 0. The van der Waals surface area contributed by atoms with Crippen molar-refractivity contribution in [1.82, 2.24) is 4.90 Å². The van der Waals surface area contributed by atoms with Crippen molar-refractivity contribution in [3.8, 4) is 0 Å². The molecule has 1 fully saturated rings. The summed E-state index contributed by atoms with van der Waals surface area (Å²) in [6.45, 7) is 3.70. The molecule has 0 bridgehead atoms. The number of nitrogens with zero attached hydrogens (tertiary/aromatic N) is 1. The van der Waals surface area contributed by atoms with Gasteiger partial charge in [-0.05, 0) is 13.0 Å². The Morgan fingerprint density at radius 1 is 1.50 bits per heavy atom. The molecule has 0 spiro atoms. The summed E-state index contributed by atoms with van der Waals surface area (Å²) in [6.07, 6.45) is 0.588. The summed E-state index contributed by atoms with van der Waals surface area (Å²) in [5.74, 6) is 0. The van der Waals surface area contributed by atoms with Crippen LogP contribution in [0.3, 0.4) is 0 Å². The van der Waals surface area contributed by atoms with E-state index < -0.39 is 6.23 Å². The second kappa shape index (κ2) is 3.32. The van der Waals surface area contributed by atoms with Crippen molar-refractivity contribution in [2.45, 2.75) is 32.1 Å². The Kier molecular flexibility index (Phi) is 2.65. The van der Waals surface area contributed by atoms with Crippen LogP contribution in [0.2, 0.25) is 0 Å². The van der Waals surface area contributed by atoms with Crippen LogP contribution in [0.25, 0.3) is 0 Å². The summed E-state index contributed by atoms with van der Waals surface area (Å²) in [7, 11) is 0. The molecular formula is C7H15NO2. The van der Waals surface area contributed by atoms with E-state index in [0.29, 0.717) is 6.42 Å². The number of likely N-dealkylation sites (tertiary alicyclic amines) is 1. The lowest BCUT2D eigenvalue weighted by Gasteiger charge is -2.33. The number of hydrogen-bond acceptors (Lipinski definition) is 3. The molecule has 2 N–H and O–H groups in total. The Hall–Kier alpha value is -0.120. The summed E-state index contributed by atoms with van der Waals surface area (Å²) in [4.78, 5) is 1.96. The first-order valence-electron chi connectivity index (χ1n) is 3.84. The smallest absolute Gasteiger partial charge is 0.109 e. The Bertz CT molecular complexity index is 108. The lowest BCUT2D eigenvalue weighted by atomic mass is 10.1. The second-order valence-corrected chi connectivity index (χ2v) is 2.79. The summed E-state index contributed by atoms with van der Waals surface area (Å²) < 4.78 is 0. The fourth-order valence-corrected chi connectivity index (χ4v) is 1.34. The highest BCUT2D eigenvalue weighted by atomic mass is 16.3. The number of hydrogen-bond donors (Lipinski definition) is 2. The molecular weight excluding hydrogens is 130 g/mol. The first-order chi connectivity index (χ1) is 4.74. The van der Waals surface area contributed by atoms with Gasteiger partial charge < -0.3 is 10.2 Å². The normalized spacial score (nSPS) is 36.3. The molecule has 2 atom stereocenters. The van der Waals surface area contributed by atoms with Gasteiger partial charge in [0.2, 0.25) is 0 Å². The molecule has 0 aromatic carbocycles. The Balaban J connectivity index is 2.36. The number of aliphatic hydroxyl groups excluding tert-OH is 2. The van der Waals surface area contributed by atoms with E-state index in [0.717, 1.165) is 19.5 Å². The molecule has 1 rings (SSSR count). The van der Waals surface area contributed by atoms with Crippen LogP contribution in [0.1, 0.15) is 19.8 Å². The molecule has 1 aliphatic heterocycles. The van der Waals surface area contributed by atoms with Crippen molar-refractivity contribution in [2.75, 3.05) is 13.1 Å². The van der Waals surface area contributed by atoms with Crippen molar-refractivity contribution >= 4 is 0 Å². The van der Waals surface area contributed by atoms with E-state index in [1.54, 1.807) is 0 Å². The summed E-state index contributed by atoms with van der Waals surface area (Å²) in [5, 5.41) is 18.4. The minimum Gasteiger partial charge on any atom is -0.393 e. The molecule has 1 saturated heterocycles. The quantitative estimate of drug-likeness (QED) is 0.536. The van der Waals surface area contributed by atoms with E-state index in [1.165, 1.54) is 0 Å². The highest BCUT2D eigenvalue weighted by molar-refractivity contribution is 4.73. The standard InChI is InChI=1S/C7H15NO2/c1-2-8-4-3-6(9)5-7(8)10/h6-7,9-10H,2-5H2,1H3. The number of rotatable bonds is 1. The third-order valence-corrected chi connectivity index (χ3v) is 2.06. The molecule has 0 aromatic heterocycles. The van der Waals surface area contributed by atoms with Gasteiger partial charge in [0.15, 0.2) is 0 Å². The topological polar surface area (TPSA) is 43.7 Å². The van der Waals surface area contributed by atoms with Crippen molar-refractivity contribution < 1.29 is 10.2 Å². The molecule has 0 radical (unpaired) electrons. The first-order valence-corrected chi connectivity index (χ1v) is 3.84. The number of aliphatic hydroxyl groups is 2. The number of piperidine rings is 1. The van der Waals surface area contributed by atoms with E-state index in [-0.39, 0.29) is 6.10 Å². The molecule has 60 valence electrons. The molecule has 1 aliphatic rings. The van der Waals surface area contributed by atoms with E-state index in [2.05, 4.69) is 0 Å². The van der Waals surface area contributed by atoms with Crippen LogP contribution >= 0.6 is 0 Å². The average Bonchev–Trinajstić information content (AvgIpc) is 1.88. The SMILES string of the molecule is CCN1CCC(O)CC1O. The maximum Gasteiger partial charge on any atom is 0.109 e. The zero-order valence-electron chi connectivity index (χ0n) is 6.32. The van der Waals surface area contributed by atoms with E-state index in [4.69, 9.17) is 5.11 Å². The zero-order chi connectivity index (χ0) is 7.56. The maximum absolute atomic E-state index is 9.31. The highest BCUT2D eigenvalue weighted by Crippen LogP contribution is 2.14. The van der Waals surface area contributed by atoms with Crippen LogP contribution < -0.4 is 0 Å². The molecule has 0 aromatic rings. The van der Waals surface area contributed by atoms with Gasteiger partial charge in [0.25, 0.3) is 0 Å². The van der Waals surface area contributed by atoms with Gasteiger partial charge in [0, 0.05) is 13.0 Å². The van der Waals surface area contributed by atoms with E-state index in [9.17, 15) is 5.11 Å². The molecule has 2 unspecified atom stereocenters. The van der Waals surface area contributed by atoms with Crippen LogP contribution in [0.15, 0.2) is 0 Å². The van der Waals surface area contributed by atoms with Crippen LogP contribution in [0, 0.1) is 0 Å². The second-order valence-electron chi connectivity index (χ2n) is 2.79. The Morgan fingerprint density at radius 3 is 2.70 bits per heavy atom. The fraction of sp³-hybridized carbons (Fsp3) is 1.00. The van der Waals surface area contributed by atoms with Crippen LogP contribution in [0.4, 0.5) is 0 Å². The fourth-order valence-electron chi connectivity index (χ4n) is 1.34. The third kappa shape index (κ3) is 1.68. The molecule has 3 nitrogen and oxygen atoms in total.